The lowest BCUT2D eigenvalue weighted by molar-refractivity contribution is -0.120. The molecule has 1 heterocycles. The van der Waals surface area contributed by atoms with Crippen LogP contribution in [0.1, 0.15) is 11.1 Å². The van der Waals surface area contributed by atoms with Crippen molar-refractivity contribution in [3.05, 3.63) is 71.0 Å². The number of hydrogen-bond donors (Lipinski definition) is 1. The van der Waals surface area contributed by atoms with Crippen LogP contribution in [-0.2, 0) is 17.8 Å². The predicted molar refractivity (Wildman–Crippen MR) is 86.5 cm³/mol. The Balaban J connectivity index is 1.62. The molecular formula is C17H14ClN3O. The van der Waals surface area contributed by atoms with Crippen LogP contribution >= 0.6 is 11.6 Å². The first kappa shape index (κ1) is 14.5. The molecule has 1 amide bonds. The molecular weight excluding hydrogens is 298 g/mol. The zero-order valence-corrected chi connectivity index (χ0v) is 12.5. The maximum Gasteiger partial charge on any atom is 0.224 e. The van der Waals surface area contributed by atoms with Crippen LogP contribution in [0.4, 0.5) is 0 Å². The van der Waals surface area contributed by atoms with E-state index in [9.17, 15) is 4.79 Å². The number of hydrogen-bond acceptors (Lipinski definition) is 3. The second kappa shape index (κ2) is 6.54. The normalized spacial score (nSPS) is 10.6. The summed E-state index contributed by atoms with van der Waals surface area (Å²) in [6, 6.07) is 13.1. The summed E-state index contributed by atoms with van der Waals surface area (Å²) in [6.45, 7) is 0.464. The van der Waals surface area contributed by atoms with Gasteiger partial charge in [-0.3, -0.25) is 14.8 Å². The van der Waals surface area contributed by atoms with Crippen molar-refractivity contribution in [2.75, 3.05) is 0 Å². The summed E-state index contributed by atoms with van der Waals surface area (Å²) < 4.78 is 0. The molecule has 0 atom stereocenters. The van der Waals surface area contributed by atoms with Crippen molar-refractivity contribution in [1.82, 2.24) is 15.3 Å². The largest absolute Gasteiger partial charge is 0.352 e. The Labute approximate surface area is 133 Å². The van der Waals surface area contributed by atoms with Crippen molar-refractivity contribution in [1.29, 1.82) is 0 Å². The van der Waals surface area contributed by atoms with Gasteiger partial charge in [0, 0.05) is 24.0 Å². The van der Waals surface area contributed by atoms with E-state index in [1.54, 1.807) is 24.5 Å². The van der Waals surface area contributed by atoms with Crippen LogP contribution in [0.5, 0.6) is 0 Å². The lowest BCUT2D eigenvalue weighted by atomic mass is 10.1. The molecule has 2 aromatic carbocycles. The van der Waals surface area contributed by atoms with Gasteiger partial charge in [-0.25, -0.2) is 0 Å². The van der Waals surface area contributed by atoms with E-state index in [0.717, 1.165) is 22.2 Å². The molecule has 1 aromatic heterocycles. The number of aromatic nitrogens is 2. The number of carbonyl (C=O) groups is 1. The molecule has 4 nitrogen and oxygen atoms in total. The molecule has 3 aromatic rings. The standard InChI is InChI=1S/C17H14ClN3O/c18-14-3-1-2-12(8-14)10-17(22)21-11-13-4-5-15-16(9-13)20-7-6-19-15/h1-9H,10-11H2,(H,21,22). The Hall–Kier alpha value is -2.46. The first-order valence-corrected chi connectivity index (χ1v) is 7.29. The SMILES string of the molecule is O=C(Cc1cccc(Cl)c1)NCc1ccc2nccnc2c1. The lowest BCUT2D eigenvalue weighted by Gasteiger charge is -2.06. The molecule has 5 heteroatoms. The third-order valence-corrected chi connectivity index (χ3v) is 3.51. The lowest BCUT2D eigenvalue weighted by Crippen LogP contribution is -2.24. The smallest absolute Gasteiger partial charge is 0.224 e. The first-order valence-electron chi connectivity index (χ1n) is 6.91. The molecule has 0 aliphatic carbocycles. The van der Waals surface area contributed by atoms with Gasteiger partial charge in [0.2, 0.25) is 5.91 Å². The number of halogens is 1. The second-order valence-electron chi connectivity index (χ2n) is 4.96. The van der Waals surface area contributed by atoms with Crippen LogP contribution in [0.15, 0.2) is 54.9 Å². The van der Waals surface area contributed by atoms with E-state index < -0.39 is 0 Å². The summed E-state index contributed by atoms with van der Waals surface area (Å²) in [4.78, 5) is 20.5. The molecule has 110 valence electrons. The van der Waals surface area contributed by atoms with Crippen molar-refractivity contribution in [2.24, 2.45) is 0 Å². The third-order valence-electron chi connectivity index (χ3n) is 3.28. The number of nitrogens with one attached hydrogen (secondary N) is 1. The topological polar surface area (TPSA) is 54.9 Å². The number of carbonyl (C=O) groups excluding carboxylic acids is 1. The van der Waals surface area contributed by atoms with E-state index in [4.69, 9.17) is 11.6 Å². The number of nitrogens with zero attached hydrogens (tertiary/aromatic N) is 2. The van der Waals surface area contributed by atoms with Gasteiger partial charge in [-0.05, 0) is 35.4 Å². The van der Waals surface area contributed by atoms with Crippen LogP contribution in [-0.4, -0.2) is 15.9 Å². The quantitative estimate of drug-likeness (QED) is 0.805. The van der Waals surface area contributed by atoms with Crippen LogP contribution in [0.3, 0.4) is 0 Å². The van der Waals surface area contributed by atoms with Gasteiger partial charge in [-0.2, -0.15) is 0 Å². The van der Waals surface area contributed by atoms with Crippen molar-refractivity contribution in [3.63, 3.8) is 0 Å². The monoisotopic (exact) mass is 311 g/mol. The molecule has 22 heavy (non-hydrogen) atoms. The highest BCUT2D eigenvalue weighted by molar-refractivity contribution is 6.30. The van der Waals surface area contributed by atoms with Crippen molar-refractivity contribution in [2.45, 2.75) is 13.0 Å². The summed E-state index contributed by atoms with van der Waals surface area (Å²) in [5.74, 6) is -0.0403. The molecule has 0 spiro atoms. The van der Waals surface area contributed by atoms with Gasteiger partial charge in [0.25, 0.3) is 0 Å². The molecule has 0 bridgehead atoms. The minimum Gasteiger partial charge on any atom is -0.352 e. The summed E-state index contributed by atoms with van der Waals surface area (Å²) in [5, 5.41) is 3.54. The molecule has 0 aliphatic rings. The molecule has 0 radical (unpaired) electrons. The fraction of sp³-hybridized carbons (Fsp3) is 0.118. The zero-order valence-electron chi connectivity index (χ0n) is 11.8. The third kappa shape index (κ3) is 3.59. The Morgan fingerprint density at radius 2 is 1.82 bits per heavy atom. The van der Waals surface area contributed by atoms with E-state index in [1.807, 2.05) is 30.3 Å². The van der Waals surface area contributed by atoms with E-state index in [0.29, 0.717) is 18.0 Å². The molecule has 0 saturated carbocycles. The van der Waals surface area contributed by atoms with E-state index in [1.165, 1.54) is 0 Å². The minimum atomic E-state index is -0.0403. The number of benzene rings is 2. The van der Waals surface area contributed by atoms with Gasteiger partial charge in [-0.1, -0.05) is 29.8 Å². The number of fused-ring (bicyclic) bond motifs is 1. The molecule has 0 fully saturated rings. The van der Waals surface area contributed by atoms with Gasteiger partial charge >= 0.3 is 0 Å². The highest BCUT2D eigenvalue weighted by Gasteiger charge is 2.05. The Morgan fingerprint density at radius 1 is 1.00 bits per heavy atom. The molecule has 0 aliphatic heterocycles. The van der Waals surface area contributed by atoms with Gasteiger partial charge < -0.3 is 5.32 Å². The summed E-state index contributed by atoms with van der Waals surface area (Å²) in [7, 11) is 0. The first-order chi connectivity index (χ1) is 10.7. The van der Waals surface area contributed by atoms with E-state index >= 15 is 0 Å². The van der Waals surface area contributed by atoms with Gasteiger partial charge in [0.1, 0.15) is 0 Å². The second-order valence-corrected chi connectivity index (χ2v) is 5.40. The highest BCUT2D eigenvalue weighted by atomic mass is 35.5. The average molecular weight is 312 g/mol. The van der Waals surface area contributed by atoms with Crippen LogP contribution < -0.4 is 5.32 Å². The summed E-state index contributed by atoms with van der Waals surface area (Å²) >= 11 is 5.91. The zero-order chi connectivity index (χ0) is 15.4. The molecule has 0 saturated heterocycles. The Bertz CT molecular complexity index is 820. The molecule has 3 rings (SSSR count). The molecule has 1 N–H and O–H groups in total. The van der Waals surface area contributed by atoms with Crippen molar-refractivity contribution >= 4 is 28.5 Å². The van der Waals surface area contributed by atoms with Crippen LogP contribution in [0, 0.1) is 0 Å². The maximum atomic E-state index is 12.0. The van der Waals surface area contributed by atoms with E-state index in [-0.39, 0.29) is 5.91 Å². The van der Waals surface area contributed by atoms with Gasteiger partial charge in [0.05, 0.1) is 17.5 Å². The van der Waals surface area contributed by atoms with Gasteiger partial charge in [0.15, 0.2) is 0 Å². The Kier molecular flexibility index (Phi) is 4.30. The van der Waals surface area contributed by atoms with E-state index in [2.05, 4.69) is 15.3 Å². The summed E-state index contributed by atoms with van der Waals surface area (Å²) in [6.07, 6.45) is 3.63. The predicted octanol–water partition coefficient (Wildman–Crippen LogP) is 3.14. The molecule has 0 unspecified atom stereocenters. The van der Waals surface area contributed by atoms with Gasteiger partial charge in [-0.15, -0.1) is 0 Å². The van der Waals surface area contributed by atoms with Crippen molar-refractivity contribution < 1.29 is 4.79 Å². The van der Waals surface area contributed by atoms with Crippen molar-refractivity contribution in [3.8, 4) is 0 Å². The van der Waals surface area contributed by atoms with Crippen LogP contribution in [0.2, 0.25) is 5.02 Å². The Morgan fingerprint density at radius 3 is 2.64 bits per heavy atom. The maximum absolute atomic E-state index is 12.0. The minimum absolute atomic E-state index is 0.0403. The highest BCUT2D eigenvalue weighted by Crippen LogP contribution is 2.12. The summed E-state index contributed by atoms with van der Waals surface area (Å²) in [5.41, 5.74) is 3.56. The number of amides is 1. The average Bonchev–Trinajstić information content (AvgIpc) is 2.53. The number of rotatable bonds is 4. The fourth-order valence-corrected chi connectivity index (χ4v) is 2.43. The van der Waals surface area contributed by atoms with Crippen LogP contribution in [0.25, 0.3) is 11.0 Å². The fourth-order valence-electron chi connectivity index (χ4n) is 2.21.